The van der Waals surface area contributed by atoms with E-state index in [4.69, 9.17) is 213 Å². The second-order valence-electron chi connectivity index (χ2n) is 30.7. The molecule has 18 rings (SSSR count). The maximum atomic E-state index is 13.7. The van der Waals surface area contributed by atoms with Gasteiger partial charge in [-0.15, -0.1) is 0 Å². The minimum Gasteiger partial charge on any atom is -0.361 e. The van der Waals surface area contributed by atoms with E-state index < -0.39 is 0 Å². The van der Waals surface area contributed by atoms with Crippen molar-refractivity contribution in [1.82, 2.24) is 60.8 Å². The van der Waals surface area contributed by atoms with Crippen molar-refractivity contribution in [2.45, 2.75) is 77.0 Å². The third-order valence-electron chi connectivity index (χ3n) is 20.5. The van der Waals surface area contributed by atoms with Crippen LogP contribution < -0.4 is 0 Å². The number of aryl methyl sites for hydroxylation is 6. The summed E-state index contributed by atoms with van der Waals surface area (Å²) in [7, 11) is 0. The molecule has 24 nitrogen and oxygen atoms in total. The van der Waals surface area contributed by atoms with Gasteiger partial charge in [-0.05, 0) is 121 Å². The summed E-state index contributed by atoms with van der Waals surface area (Å²) >= 11 is 98.1. The first kappa shape index (κ1) is 111. The average molecular weight is 2340 g/mol. The smallest absolute Gasteiger partial charge is 0.166 e. The molecule has 0 saturated carbocycles. The van der Waals surface area contributed by atoms with E-state index in [1.807, 2.05) is 60.7 Å². The van der Waals surface area contributed by atoms with Crippen molar-refractivity contribution in [1.29, 1.82) is 0 Å². The second-order valence-corrected chi connectivity index (χ2v) is 38.0. The zero-order valence-corrected chi connectivity index (χ0v) is 87.8. The van der Waals surface area contributed by atoms with Gasteiger partial charge in [0, 0.05) is 199 Å². The zero-order valence-electron chi connectivity index (χ0n) is 74.1. The molecule has 0 aliphatic carbocycles. The Morgan fingerprint density at radius 3 is 0.772 bits per heavy atom. The molecule has 0 aliphatic rings. The van der Waals surface area contributed by atoms with E-state index in [1.54, 1.807) is 97.1 Å². The predicted octanol–water partition coefficient (Wildman–Crippen LogP) is 32.8. The lowest BCUT2D eigenvalue weighted by Gasteiger charge is -2.02. The number of hydrogen-bond donors (Lipinski definition) is 0. The molecule has 0 spiro atoms. The Hall–Kier alpha value is -11.5. The van der Waals surface area contributed by atoms with Crippen molar-refractivity contribution < 1.29 is 64.7 Å². The molecule has 0 atom stereocenters. The third kappa shape index (κ3) is 32.5. The van der Waals surface area contributed by atoms with Crippen LogP contribution in [0.5, 0.6) is 0 Å². The molecular formula is C102H65BrCl16F2N12O12. The van der Waals surface area contributed by atoms with Gasteiger partial charge in [-0.25, -0.2) is 38.7 Å². The van der Waals surface area contributed by atoms with Crippen LogP contribution >= 0.6 is 202 Å². The maximum Gasteiger partial charge on any atom is 0.166 e. The predicted molar refractivity (Wildman–Crippen MR) is 561 cm³/mol. The Bertz CT molecular complexity index is 7170. The lowest BCUT2D eigenvalue weighted by atomic mass is 10.1. The molecule has 0 saturated heterocycles. The lowest BCUT2D eigenvalue weighted by Crippen LogP contribution is -2.03. The fourth-order valence-electron chi connectivity index (χ4n) is 13.2. The van der Waals surface area contributed by atoms with Crippen LogP contribution in [0.1, 0.15) is 135 Å². The Balaban J connectivity index is 0.000000146. The molecule has 12 aromatic heterocycles. The highest BCUT2D eigenvalue weighted by Gasteiger charge is 2.24. The lowest BCUT2D eigenvalue weighted by molar-refractivity contribution is 0.0972. The summed E-state index contributed by atoms with van der Waals surface area (Å²) < 4.78 is 59.2. The number of pyridine rings is 6. The van der Waals surface area contributed by atoms with Crippen LogP contribution in [0.15, 0.2) is 281 Å². The number of nitrogens with zero attached hydrogens (tertiary/aromatic N) is 12. The molecule has 0 aliphatic heterocycles. The number of rotatable bonds is 30. The van der Waals surface area contributed by atoms with Gasteiger partial charge >= 0.3 is 0 Å². The average Bonchev–Trinajstić information content (AvgIpc) is 1.80. The van der Waals surface area contributed by atoms with Crippen molar-refractivity contribution in [3.8, 4) is 67.5 Å². The first-order valence-electron chi connectivity index (χ1n) is 42.6. The first-order chi connectivity index (χ1) is 69.6. The summed E-state index contributed by atoms with van der Waals surface area (Å²) in [5, 5.41) is 29.0. The fraction of sp³-hybridized carbons (Fsp3) is 0.118. The minimum atomic E-state index is -0.384. The number of Topliss-reactive ketones (excluding diaryl/α,β-unsaturated/α-hetero) is 6. The van der Waals surface area contributed by atoms with Gasteiger partial charge in [-0.1, -0.05) is 287 Å². The molecule has 738 valence electrons. The Kier molecular flexibility index (Phi) is 41.0. The maximum absolute atomic E-state index is 13.7. The van der Waals surface area contributed by atoms with Crippen molar-refractivity contribution in [2.24, 2.45) is 0 Å². The summed E-state index contributed by atoms with van der Waals surface area (Å²) in [5.41, 5.74) is 9.75. The number of hydrogen-bond acceptors (Lipinski definition) is 24. The van der Waals surface area contributed by atoms with Gasteiger partial charge in [-0.3, -0.25) is 28.8 Å². The van der Waals surface area contributed by atoms with Gasteiger partial charge in [0.25, 0.3) is 0 Å². The van der Waals surface area contributed by atoms with Gasteiger partial charge < -0.3 is 27.1 Å². The van der Waals surface area contributed by atoms with E-state index >= 15 is 0 Å². The fourth-order valence-corrected chi connectivity index (χ4v) is 16.5. The molecule has 18 aromatic rings. The first-order valence-corrected chi connectivity index (χ1v) is 49.5. The zero-order chi connectivity index (χ0) is 103. The molecule has 0 radical (unpaired) electrons. The number of benzene rings is 6. The molecule has 43 heteroatoms. The SMILES string of the molecule is O=C(CCc1cc(-c2ccc(Br)cc2)no1)c1cc(Cl)cnc1Cl.O=C(CCc1cc(-c2ccc(Cl)cc2)no1)c1cc(Cl)cnc1Cl.O=C(CCc1cc(-c2ccc(Cl)cc2Cl)no1)c1cc(Cl)cnc1Cl.O=C(CCc1cc(-c2ccc(F)cc2)no1)c1cc(Cl)cnc1Cl.O=C(CCc1cc(-c2ccccc2Cl)no1)c1cc(Cl)cnc1Cl.O=C(CCc1cc(-c2ccccc2F)no1)c1cc(Cl)cnc1Cl. The molecule has 145 heavy (non-hydrogen) atoms. The van der Waals surface area contributed by atoms with Crippen LogP contribution in [-0.2, 0) is 38.5 Å². The Labute approximate surface area is 912 Å². The van der Waals surface area contributed by atoms with Gasteiger partial charge in [0.05, 0.1) is 73.6 Å². The van der Waals surface area contributed by atoms with Crippen LogP contribution in [0.25, 0.3) is 67.5 Å². The molecule has 0 amide bonds. The van der Waals surface area contributed by atoms with Gasteiger partial charge in [0.2, 0.25) is 0 Å². The van der Waals surface area contributed by atoms with E-state index in [-0.39, 0.29) is 132 Å². The van der Waals surface area contributed by atoms with Crippen LogP contribution in [0.3, 0.4) is 0 Å². The number of ketones is 6. The highest BCUT2D eigenvalue weighted by atomic mass is 79.9. The van der Waals surface area contributed by atoms with Crippen molar-refractivity contribution >= 4 is 236 Å². The summed E-state index contributed by atoms with van der Waals surface area (Å²) in [5.74, 6) is 1.68. The van der Waals surface area contributed by atoms with Gasteiger partial charge in [-0.2, -0.15) is 0 Å². The second kappa shape index (κ2) is 53.7. The highest BCUT2D eigenvalue weighted by Crippen LogP contribution is 2.36. The van der Waals surface area contributed by atoms with Crippen LogP contribution in [-0.4, -0.2) is 95.5 Å². The molecule has 12 heterocycles. The summed E-state index contributed by atoms with van der Waals surface area (Å²) in [6, 6.07) is 59.1. The largest absolute Gasteiger partial charge is 0.361 e. The van der Waals surface area contributed by atoms with E-state index in [0.717, 1.165) is 32.4 Å². The summed E-state index contributed by atoms with van der Waals surface area (Å²) in [6.07, 6.45) is 11.8. The quantitative estimate of drug-likeness (QED) is 0.0298. The molecule has 0 N–H and O–H groups in total. The Morgan fingerprint density at radius 2 is 0.483 bits per heavy atom. The van der Waals surface area contributed by atoms with Crippen molar-refractivity contribution in [3.63, 3.8) is 0 Å². The Morgan fingerprint density at radius 1 is 0.241 bits per heavy atom. The molecule has 0 unspecified atom stereocenters. The number of aromatic nitrogens is 12. The van der Waals surface area contributed by atoms with E-state index in [2.05, 4.69) is 76.8 Å². The molecule has 6 aromatic carbocycles. The molecule has 0 fully saturated rings. The molecular weight excluding hydrogens is 2270 g/mol. The van der Waals surface area contributed by atoms with Gasteiger partial charge in [0.15, 0.2) is 34.7 Å². The highest BCUT2D eigenvalue weighted by molar-refractivity contribution is 9.10. The van der Waals surface area contributed by atoms with Crippen LogP contribution in [0, 0.1) is 11.6 Å². The van der Waals surface area contributed by atoms with E-state index in [1.165, 1.54) is 91.8 Å². The minimum absolute atomic E-state index is 0.106. The number of carbonyl (C=O) groups is 6. The normalized spacial score (nSPS) is 10.8. The number of halogens is 19. The third-order valence-corrected chi connectivity index (χ3v) is 25.2. The van der Waals surface area contributed by atoms with E-state index in [0.29, 0.717) is 180 Å². The van der Waals surface area contributed by atoms with Crippen LogP contribution in [0.4, 0.5) is 8.78 Å². The van der Waals surface area contributed by atoms with E-state index in [9.17, 15) is 37.5 Å². The summed E-state index contributed by atoms with van der Waals surface area (Å²) in [6.45, 7) is 0. The van der Waals surface area contributed by atoms with Crippen molar-refractivity contribution in [3.05, 3.63) is 415 Å². The number of carbonyl (C=O) groups excluding carboxylic acids is 6. The van der Waals surface area contributed by atoms with Crippen molar-refractivity contribution in [2.75, 3.05) is 0 Å². The monoisotopic (exact) mass is 2330 g/mol. The van der Waals surface area contributed by atoms with Crippen LogP contribution in [0.2, 0.25) is 81.1 Å². The standard InChI is InChI=1S/C17H11BrCl2N2O2.C17H10Cl4N2O2.2C17H11Cl3N2O2.2C17H11Cl2FN2O2/c18-11-3-1-10(2-4-11)15-8-13(24-22-15)5-6-16(23)14-7-12(19)9-21-17(14)20;18-9-1-3-12(14(20)6-9)15-7-11(25-23-15)2-4-16(24)13-5-10(19)8-22-17(13)21;18-11-3-1-10(2-4-11)15-8-13(24-22-15)5-6-16(23)14-7-12(19)9-21-17(14)20;18-10-7-13(17(20)21-9-10)16(23)6-5-11-8-15(22-24-11)12-3-1-2-4-14(12)19;18-11-7-14(17(19)21-9-11)16(23)6-5-13-8-15(22-24-13)10-1-3-12(20)4-2-10;18-10-7-13(17(19)21-9-10)16(23)6-5-11-8-15(22-24-11)12-3-1-2-4-14(12)20/h1-4,7-9H,5-6H2;1,3,5-8H,2,4H2;4*1-4,7-9H,5-6H2. The summed E-state index contributed by atoms with van der Waals surface area (Å²) in [4.78, 5) is 96.7. The van der Waals surface area contributed by atoms with Gasteiger partial charge in [0.1, 0.15) is 111 Å². The topological polar surface area (TPSA) is 336 Å². The molecule has 0 bridgehead atoms.